The lowest BCUT2D eigenvalue weighted by Gasteiger charge is -2.04. The fraction of sp³-hybridized carbons (Fsp3) is 0.826. The van der Waals surface area contributed by atoms with Crippen LogP contribution in [0.2, 0.25) is 0 Å². The molecule has 0 unspecified atom stereocenters. The van der Waals surface area contributed by atoms with Crippen LogP contribution >= 0.6 is 0 Å². The van der Waals surface area contributed by atoms with Crippen molar-refractivity contribution < 1.29 is 19.4 Å². The largest absolute Gasteiger partial charge is 0.478 e. The molecule has 0 radical (unpaired) electrons. The standard InChI is InChI=1S/C23H42O4/c1-2-3-4-5-6-7-8-9-10-11-12-13-14-15-16-17-18-21-27-23(26)20-19-22(24)25/h19-20H,2-18,21H2,1H3,(H,24,25). The fourth-order valence-corrected chi connectivity index (χ4v) is 3.19. The van der Waals surface area contributed by atoms with Gasteiger partial charge in [0.1, 0.15) is 0 Å². The normalized spacial score (nSPS) is 11.1. The first-order chi connectivity index (χ1) is 13.2. The van der Waals surface area contributed by atoms with Crippen LogP contribution in [0.4, 0.5) is 0 Å². The SMILES string of the molecule is CCCCCCCCCCCCCCCCCCCOC(=O)C=CC(=O)O. The Morgan fingerprint density at radius 1 is 0.630 bits per heavy atom. The van der Waals surface area contributed by atoms with Gasteiger partial charge in [0.05, 0.1) is 6.61 Å². The zero-order chi connectivity index (χ0) is 20.0. The Morgan fingerprint density at radius 2 is 1.00 bits per heavy atom. The molecule has 0 spiro atoms. The van der Waals surface area contributed by atoms with Gasteiger partial charge in [0.25, 0.3) is 0 Å². The Bertz CT molecular complexity index is 377. The summed E-state index contributed by atoms with van der Waals surface area (Å²) in [6.45, 7) is 2.65. The first-order valence-electron chi connectivity index (χ1n) is 11.2. The molecule has 0 aromatic carbocycles. The Morgan fingerprint density at radius 3 is 1.37 bits per heavy atom. The second-order valence-electron chi connectivity index (χ2n) is 7.50. The summed E-state index contributed by atoms with van der Waals surface area (Å²) in [5, 5.41) is 8.40. The molecule has 0 heterocycles. The van der Waals surface area contributed by atoms with Crippen molar-refractivity contribution in [3.05, 3.63) is 12.2 Å². The van der Waals surface area contributed by atoms with Crippen molar-refractivity contribution in [1.29, 1.82) is 0 Å². The number of rotatable bonds is 20. The minimum atomic E-state index is -1.13. The zero-order valence-electron chi connectivity index (χ0n) is 17.6. The summed E-state index contributed by atoms with van der Waals surface area (Å²) in [6, 6.07) is 0. The molecule has 4 nitrogen and oxygen atoms in total. The third-order valence-electron chi connectivity index (χ3n) is 4.85. The second kappa shape index (κ2) is 21.0. The first kappa shape index (κ1) is 25.7. The molecule has 0 aliphatic rings. The highest BCUT2D eigenvalue weighted by molar-refractivity contribution is 5.90. The summed E-state index contributed by atoms with van der Waals surface area (Å²) in [5.74, 6) is -1.71. The zero-order valence-corrected chi connectivity index (χ0v) is 17.6. The first-order valence-corrected chi connectivity index (χ1v) is 11.2. The van der Waals surface area contributed by atoms with E-state index < -0.39 is 11.9 Å². The van der Waals surface area contributed by atoms with E-state index in [9.17, 15) is 9.59 Å². The van der Waals surface area contributed by atoms with Crippen LogP contribution in [-0.2, 0) is 14.3 Å². The summed E-state index contributed by atoms with van der Waals surface area (Å²) in [7, 11) is 0. The predicted molar refractivity (Wildman–Crippen MR) is 112 cm³/mol. The number of aliphatic carboxylic acids is 1. The number of carboxylic acids is 1. The van der Waals surface area contributed by atoms with E-state index in [1.54, 1.807) is 0 Å². The van der Waals surface area contributed by atoms with Crippen molar-refractivity contribution in [3.8, 4) is 0 Å². The fourth-order valence-electron chi connectivity index (χ4n) is 3.19. The van der Waals surface area contributed by atoms with Crippen LogP contribution in [0.3, 0.4) is 0 Å². The molecule has 0 bridgehead atoms. The number of hydrogen-bond donors (Lipinski definition) is 1. The Labute approximate surface area is 166 Å². The summed E-state index contributed by atoms with van der Waals surface area (Å²) in [4.78, 5) is 21.4. The number of carbonyl (C=O) groups is 2. The van der Waals surface area contributed by atoms with Gasteiger partial charge in [0.15, 0.2) is 0 Å². The van der Waals surface area contributed by atoms with Crippen molar-refractivity contribution in [1.82, 2.24) is 0 Å². The maximum atomic E-state index is 11.1. The average molecular weight is 383 g/mol. The quantitative estimate of drug-likeness (QED) is 0.142. The molecule has 0 aliphatic heterocycles. The maximum Gasteiger partial charge on any atom is 0.331 e. The van der Waals surface area contributed by atoms with Crippen LogP contribution in [0.15, 0.2) is 12.2 Å². The molecule has 0 atom stereocenters. The number of hydrogen-bond acceptors (Lipinski definition) is 3. The molecule has 0 aromatic heterocycles. The third-order valence-corrected chi connectivity index (χ3v) is 4.85. The van der Waals surface area contributed by atoms with E-state index in [0.717, 1.165) is 25.0 Å². The summed E-state index contributed by atoms with van der Waals surface area (Å²) >= 11 is 0. The van der Waals surface area contributed by atoms with Crippen molar-refractivity contribution in [3.63, 3.8) is 0 Å². The summed E-state index contributed by atoms with van der Waals surface area (Å²) < 4.78 is 4.93. The topological polar surface area (TPSA) is 63.6 Å². The second-order valence-corrected chi connectivity index (χ2v) is 7.50. The Balaban J connectivity index is 3.13. The smallest absolute Gasteiger partial charge is 0.331 e. The number of esters is 1. The van der Waals surface area contributed by atoms with Gasteiger partial charge in [-0.2, -0.15) is 0 Å². The van der Waals surface area contributed by atoms with Gasteiger partial charge in [0, 0.05) is 12.2 Å². The molecule has 0 fully saturated rings. The van der Waals surface area contributed by atoms with E-state index in [-0.39, 0.29) is 0 Å². The van der Waals surface area contributed by atoms with Crippen LogP contribution in [-0.4, -0.2) is 23.7 Å². The lowest BCUT2D eigenvalue weighted by atomic mass is 10.0. The molecule has 4 heteroatoms. The molecule has 0 aliphatic carbocycles. The average Bonchev–Trinajstić information content (AvgIpc) is 2.65. The van der Waals surface area contributed by atoms with Crippen LogP contribution in [0.1, 0.15) is 116 Å². The number of unbranched alkanes of at least 4 members (excludes halogenated alkanes) is 16. The van der Waals surface area contributed by atoms with E-state index in [0.29, 0.717) is 6.61 Å². The Kier molecular flexibility index (Phi) is 20.0. The van der Waals surface area contributed by atoms with Crippen LogP contribution < -0.4 is 0 Å². The molecule has 0 amide bonds. The van der Waals surface area contributed by atoms with Gasteiger partial charge in [-0.1, -0.05) is 110 Å². The summed E-state index contributed by atoms with van der Waals surface area (Å²) in [6.07, 6.45) is 24.2. The van der Waals surface area contributed by atoms with Gasteiger partial charge < -0.3 is 9.84 Å². The molecule has 0 rings (SSSR count). The molecule has 1 N–H and O–H groups in total. The van der Waals surface area contributed by atoms with Gasteiger partial charge in [0.2, 0.25) is 0 Å². The van der Waals surface area contributed by atoms with Gasteiger partial charge >= 0.3 is 11.9 Å². The van der Waals surface area contributed by atoms with Crippen LogP contribution in [0.25, 0.3) is 0 Å². The monoisotopic (exact) mass is 382 g/mol. The van der Waals surface area contributed by atoms with Gasteiger partial charge in [-0.3, -0.25) is 0 Å². The predicted octanol–water partition coefficient (Wildman–Crippen LogP) is 6.82. The van der Waals surface area contributed by atoms with Crippen molar-refractivity contribution in [2.75, 3.05) is 6.61 Å². The van der Waals surface area contributed by atoms with Crippen molar-refractivity contribution >= 4 is 11.9 Å². The molecule has 0 saturated carbocycles. The van der Waals surface area contributed by atoms with E-state index in [2.05, 4.69) is 6.92 Å². The van der Waals surface area contributed by atoms with Gasteiger partial charge in [-0.15, -0.1) is 0 Å². The van der Waals surface area contributed by atoms with Crippen LogP contribution in [0.5, 0.6) is 0 Å². The van der Waals surface area contributed by atoms with Gasteiger partial charge in [-0.05, 0) is 6.42 Å². The molecular weight excluding hydrogens is 340 g/mol. The van der Waals surface area contributed by atoms with Crippen molar-refractivity contribution in [2.45, 2.75) is 116 Å². The summed E-state index contributed by atoms with van der Waals surface area (Å²) in [5.41, 5.74) is 0. The number of carbonyl (C=O) groups excluding carboxylic acids is 1. The van der Waals surface area contributed by atoms with E-state index in [1.807, 2.05) is 0 Å². The molecule has 27 heavy (non-hydrogen) atoms. The highest BCUT2D eigenvalue weighted by atomic mass is 16.5. The Hall–Kier alpha value is -1.32. The van der Waals surface area contributed by atoms with Crippen molar-refractivity contribution in [2.24, 2.45) is 0 Å². The number of carboxylic acid groups (broad SMARTS) is 1. The third kappa shape index (κ3) is 22.6. The minimum absolute atomic E-state index is 0.376. The lowest BCUT2D eigenvalue weighted by molar-refractivity contribution is -0.138. The highest BCUT2D eigenvalue weighted by Gasteiger charge is 1.98. The molecular formula is C23H42O4. The van der Waals surface area contributed by atoms with Gasteiger partial charge in [-0.25, -0.2) is 9.59 Å². The highest BCUT2D eigenvalue weighted by Crippen LogP contribution is 2.14. The van der Waals surface area contributed by atoms with E-state index >= 15 is 0 Å². The number of ether oxygens (including phenoxy) is 1. The molecule has 0 aromatic rings. The van der Waals surface area contributed by atoms with E-state index in [1.165, 1.54) is 96.3 Å². The van der Waals surface area contributed by atoms with Crippen LogP contribution in [0, 0.1) is 0 Å². The molecule has 0 saturated heterocycles. The maximum absolute atomic E-state index is 11.1. The van der Waals surface area contributed by atoms with E-state index in [4.69, 9.17) is 9.84 Å². The molecule has 158 valence electrons. The minimum Gasteiger partial charge on any atom is -0.478 e. The lowest BCUT2D eigenvalue weighted by Crippen LogP contribution is -2.03.